The van der Waals surface area contributed by atoms with Crippen LogP contribution in [0, 0.1) is 33.5 Å². The van der Waals surface area contributed by atoms with Crippen molar-refractivity contribution in [2.75, 3.05) is 0 Å². The Bertz CT molecular complexity index is 678. The Kier molecular flexibility index (Phi) is 5.61. The minimum Gasteiger partial charge on any atom is -0.300 e. The first kappa shape index (κ1) is 20.2. The molecule has 0 saturated heterocycles. The number of nitroso groups, excluding NO2 is 1. The van der Waals surface area contributed by atoms with Crippen LogP contribution in [-0.4, -0.2) is 11.8 Å². The van der Waals surface area contributed by atoms with Crippen LogP contribution >= 0.6 is 0 Å². The second kappa shape index (κ2) is 7.48. The summed E-state index contributed by atoms with van der Waals surface area (Å²) in [6.45, 7) is 14.9. The molecule has 0 aromatic rings. The Morgan fingerprint density at radius 3 is 2.52 bits per heavy atom. The topological polar surface area (TPSA) is 46.5 Å². The summed E-state index contributed by atoms with van der Waals surface area (Å²) in [6, 6.07) is -0.0994. The lowest BCUT2D eigenvalue weighted by atomic mass is 9.52. The molecule has 3 fully saturated rings. The molecule has 0 aliphatic heterocycles. The number of carbonyl (C=O) groups excluding carboxylic acids is 1. The predicted molar refractivity (Wildman–Crippen MR) is 111 cm³/mol. The average molecular weight is 370 g/mol. The second-order valence-electron chi connectivity index (χ2n) is 9.76. The summed E-state index contributed by atoms with van der Waals surface area (Å²) in [5.74, 6) is 1.81. The number of hydrogen-bond donors (Lipinski definition) is 0. The van der Waals surface area contributed by atoms with Crippen molar-refractivity contribution in [2.24, 2.45) is 33.8 Å². The molecular formula is C24H35NO2. The van der Waals surface area contributed by atoms with Crippen molar-refractivity contribution in [2.45, 2.75) is 78.2 Å². The van der Waals surface area contributed by atoms with Crippen molar-refractivity contribution >= 4 is 5.78 Å². The van der Waals surface area contributed by atoms with E-state index in [-0.39, 0.29) is 16.9 Å². The molecule has 148 valence electrons. The predicted octanol–water partition coefficient (Wildman–Crippen LogP) is 6.40. The summed E-state index contributed by atoms with van der Waals surface area (Å²) in [4.78, 5) is 22.8. The largest absolute Gasteiger partial charge is 0.300 e. The van der Waals surface area contributed by atoms with E-state index in [1.807, 2.05) is 6.08 Å². The number of Topliss-reactive ketones (excluding diaryl/α,β-unsaturated/α-hetero) is 1. The molecule has 3 saturated carbocycles. The van der Waals surface area contributed by atoms with Crippen molar-refractivity contribution in [3.05, 3.63) is 41.4 Å². The van der Waals surface area contributed by atoms with Crippen LogP contribution in [0.5, 0.6) is 0 Å². The molecule has 3 nitrogen and oxygen atoms in total. The van der Waals surface area contributed by atoms with Crippen molar-refractivity contribution in [3.63, 3.8) is 0 Å². The average Bonchev–Trinajstić information content (AvgIpc) is 2.94. The Morgan fingerprint density at radius 1 is 1.19 bits per heavy atom. The number of nitrogens with zero attached hydrogens (tertiary/aromatic N) is 1. The number of rotatable bonds is 5. The molecule has 0 aromatic heterocycles. The van der Waals surface area contributed by atoms with E-state index >= 15 is 0 Å². The van der Waals surface area contributed by atoms with Gasteiger partial charge in [-0.25, -0.2) is 0 Å². The summed E-state index contributed by atoms with van der Waals surface area (Å²) in [5.41, 5.74) is 2.97. The summed E-state index contributed by atoms with van der Waals surface area (Å²) in [6.07, 6.45) is 12.1. The Labute approximate surface area is 164 Å². The van der Waals surface area contributed by atoms with Gasteiger partial charge >= 0.3 is 0 Å². The Hall–Kier alpha value is -1.51. The zero-order valence-corrected chi connectivity index (χ0v) is 17.3. The van der Waals surface area contributed by atoms with Crippen molar-refractivity contribution in [1.82, 2.24) is 0 Å². The maximum atomic E-state index is 11.8. The maximum absolute atomic E-state index is 11.8. The lowest BCUT2D eigenvalue weighted by Gasteiger charge is -2.53. The van der Waals surface area contributed by atoms with Crippen LogP contribution in [0.1, 0.15) is 72.1 Å². The molecule has 0 amide bonds. The van der Waals surface area contributed by atoms with Gasteiger partial charge in [0, 0.05) is 6.42 Å². The molecule has 0 heterocycles. The van der Waals surface area contributed by atoms with Gasteiger partial charge in [0.2, 0.25) is 0 Å². The third-order valence-electron chi connectivity index (χ3n) is 8.36. The van der Waals surface area contributed by atoms with Crippen LogP contribution in [0.4, 0.5) is 0 Å². The lowest BCUT2D eigenvalue weighted by molar-refractivity contribution is -0.119. The fraction of sp³-hybridized carbons (Fsp3) is 0.708. The monoisotopic (exact) mass is 369 g/mol. The van der Waals surface area contributed by atoms with Gasteiger partial charge in [0.25, 0.3) is 0 Å². The number of hydrogen-bond acceptors (Lipinski definition) is 3. The standard InChI is InChI=1S/C24H35NO2/c1-6-7-20-21-9-8-18(15-17(3)26)24(21,5)13-11-22(20)23(4)12-10-19(25-27)14-16(23)2/h6-7,18-19,21-22H,1-2,8-15H2,3-5H3/b20-7-/t18?,19?,21?,22?,23-,24?/m0/s1. The fourth-order valence-electron chi connectivity index (χ4n) is 6.61. The lowest BCUT2D eigenvalue weighted by Crippen LogP contribution is -2.44. The Balaban J connectivity index is 1.91. The van der Waals surface area contributed by atoms with E-state index in [4.69, 9.17) is 0 Å². The van der Waals surface area contributed by atoms with Crippen molar-refractivity contribution in [3.8, 4) is 0 Å². The highest BCUT2D eigenvalue weighted by Crippen LogP contribution is 2.64. The van der Waals surface area contributed by atoms with Crippen molar-refractivity contribution in [1.29, 1.82) is 0 Å². The molecule has 0 bridgehead atoms. The highest BCUT2D eigenvalue weighted by atomic mass is 16.3. The third-order valence-corrected chi connectivity index (χ3v) is 8.36. The number of carbonyl (C=O) groups is 1. The molecule has 3 aliphatic rings. The SMILES string of the molecule is C=C/C=C1/C2CCC(CC(C)=O)C2(C)CCC1[C@@]1(C)CCC(N=O)CC1=C. The Morgan fingerprint density at radius 2 is 1.93 bits per heavy atom. The highest BCUT2D eigenvalue weighted by molar-refractivity contribution is 5.75. The molecule has 0 radical (unpaired) electrons. The zero-order valence-electron chi connectivity index (χ0n) is 17.3. The van der Waals surface area contributed by atoms with Crippen LogP contribution in [-0.2, 0) is 4.79 Å². The number of allylic oxidation sites excluding steroid dienone is 3. The summed E-state index contributed by atoms with van der Waals surface area (Å²) in [5, 5.41) is 3.29. The van der Waals surface area contributed by atoms with E-state index in [9.17, 15) is 9.70 Å². The first-order valence-electron chi connectivity index (χ1n) is 10.6. The van der Waals surface area contributed by atoms with Gasteiger partial charge in [0.05, 0.1) is 6.04 Å². The molecular weight excluding hydrogens is 334 g/mol. The molecule has 0 spiro atoms. The number of ketones is 1. The molecule has 6 atom stereocenters. The molecule has 5 unspecified atom stereocenters. The normalized spacial score (nSPS) is 43.4. The van der Waals surface area contributed by atoms with E-state index < -0.39 is 0 Å². The zero-order chi connectivity index (χ0) is 19.8. The van der Waals surface area contributed by atoms with Crippen LogP contribution in [0.2, 0.25) is 0 Å². The molecule has 27 heavy (non-hydrogen) atoms. The van der Waals surface area contributed by atoms with Gasteiger partial charge < -0.3 is 4.79 Å². The summed E-state index contributed by atoms with van der Waals surface area (Å²) >= 11 is 0. The maximum Gasteiger partial charge on any atom is 0.130 e. The van der Waals surface area contributed by atoms with Gasteiger partial charge in [0.15, 0.2) is 0 Å². The number of fused-ring (bicyclic) bond motifs is 1. The van der Waals surface area contributed by atoms with Crippen LogP contribution in [0.25, 0.3) is 0 Å². The summed E-state index contributed by atoms with van der Waals surface area (Å²) < 4.78 is 0. The van der Waals surface area contributed by atoms with Crippen LogP contribution in [0.15, 0.2) is 41.6 Å². The first-order valence-corrected chi connectivity index (χ1v) is 10.6. The van der Waals surface area contributed by atoms with Crippen LogP contribution in [0.3, 0.4) is 0 Å². The van der Waals surface area contributed by atoms with E-state index in [2.05, 4.69) is 38.3 Å². The third kappa shape index (κ3) is 3.39. The minimum absolute atomic E-state index is 0.0377. The van der Waals surface area contributed by atoms with E-state index in [1.54, 1.807) is 6.92 Å². The van der Waals surface area contributed by atoms with E-state index in [1.165, 1.54) is 24.0 Å². The van der Waals surface area contributed by atoms with Gasteiger partial charge in [-0.3, -0.25) is 0 Å². The minimum atomic E-state index is -0.0994. The summed E-state index contributed by atoms with van der Waals surface area (Å²) in [7, 11) is 0. The van der Waals surface area contributed by atoms with Gasteiger partial charge in [-0.1, -0.05) is 55.5 Å². The van der Waals surface area contributed by atoms with E-state index in [0.717, 1.165) is 38.5 Å². The van der Waals surface area contributed by atoms with Gasteiger partial charge in [-0.2, -0.15) is 4.91 Å². The molecule has 3 rings (SSSR count). The molecule has 0 N–H and O–H groups in total. The van der Waals surface area contributed by atoms with Gasteiger partial charge in [-0.05, 0) is 80.5 Å². The molecule has 3 heteroatoms. The van der Waals surface area contributed by atoms with Crippen LogP contribution < -0.4 is 0 Å². The fourth-order valence-corrected chi connectivity index (χ4v) is 6.61. The van der Waals surface area contributed by atoms with E-state index in [0.29, 0.717) is 23.5 Å². The quantitative estimate of drug-likeness (QED) is 0.415. The molecule has 3 aliphatic carbocycles. The molecule has 0 aromatic carbocycles. The highest BCUT2D eigenvalue weighted by Gasteiger charge is 2.55. The smallest absolute Gasteiger partial charge is 0.130 e. The second-order valence-corrected chi connectivity index (χ2v) is 9.76. The van der Waals surface area contributed by atoms with Gasteiger partial charge in [0.1, 0.15) is 5.78 Å². The van der Waals surface area contributed by atoms with Crippen molar-refractivity contribution < 1.29 is 4.79 Å². The van der Waals surface area contributed by atoms with Gasteiger partial charge in [-0.15, -0.1) is 0 Å². The first-order chi connectivity index (χ1) is 12.8.